The molecule has 6 heteroatoms. The van der Waals surface area contributed by atoms with Gasteiger partial charge in [-0.25, -0.2) is 0 Å². The number of hydrogen-bond acceptors (Lipinski definition) is 3. The highest BCUT2D eigenvalue weighted by Gasteiger charge is 2.27. The summed E-state index contributed by atoms with van der Waals surface area (Å²) in [6.07, 6.45) is 2.40. The van der Waals surface area contributed by atoms with Crippen molar-refractivity contribution in [3.8, 4) is 0 Å². The fourth-order valence-corrected chi connectivity index (χ4v) is 3.32. The lowest BCUT2D eigenvalue weighted by Crippen LogP contribution is -2.39. The van der Waals surface area contributed by atoms with E-state index >= 15 is 0 Å². The van der Waals surface area contributed by atoms with Crippen molar-refractivity contribution >= 4 is 23.5 Å². The third-order valence-electron chi connectivity index (χ3n) is 4.87. The van der Waals surface area contributed by atoms with Crippen LogP contribution in [0.1, 0.15) is 46.4 Å². The van der Waals surface area contributed by atoms with Gasteiger partial charge in [0.25, 0.3) is 11.8 Å². The second-order valence-electron chi connectivity index (χ2n) is 6.73. The second-order valence-corrected chi connectivity index (χ2v) is 6.73. The molecular weight excluding hydrogens is 344 g/mol. The van der Waals surface area contributed by atoms with Gasteiger partial charge in [0.15, 0.2) is 0 Å². The monoisotopic (exact) mass is 366 g/mol. The van der Waals surface area contributed by atoms with Gasteiger partial charge in [-0.1, -0.05) is 30.3 Å². The third-order valence-corrected chi connectivity index (χ3v) is 4.87. The van der Waals surface area contributed by atoms with Crippen LogP contribution in [0.15, 0.2) is 54.6 Å². The summed E-state index contributed by atoms with van der Waals surface area (Å²) >= 11 is 0. The molecule has 0 radical (unpaired) electrons. The highest BCUT2D eigenvalue weighted by molar-refractivity contribution is 6.09. The number of benzene rings is 2. The zero-order chi connectivity index (χ0) is 19.2. The molecule has 6 nitrogen and oxygen atoms in total. The molecule has 0 aromatic heterocycles. The van der Waals surface area contributed by atoms with Crippen LogP contribution >= 0.6 is 0 Å². The number of carboxylic acid groups (broad SMARTS) is 1. The summed E-state index contributed by atoms with van der Waals surface area (Å²) in [7, 11) is 0. The fourth-order valence-electron chi connectivity index (χ4n) is 3.32. The third kappa shape index (κ3) is 4.73. The van der Waals surface area contributed by atoms with Gasteiger partial charge in [-0.2, -0.15) is 0 Å². The predicted molar refractivity (Wildman–Crippen MR) is 102 cm³/mol. The van der Waals surface area contributed by atoms with Crippen molar-refractivity contribution in [2.75, 3.05) is 5.32 Å². The van der Waals surface area contributed by atoms with E-state index in [2.05, 4.69) is 10.6 Å². The van der Waals surface area contributed by atoms with Gasteiger partial charge in [0.05, 0.1) is 17.2 Å². The van der Waals surface area contributed by atoms with E-state index in [9.17, 15) is 14.4 Å². The van der Waals surface area contributed by atoms with E-state index in [0.29, 0.717) is 42.5 Å². The van der Waals surface area contributed by atoms with E-state index in [1.54, 1.807) is 48.5 Å². The number of hydrogen-bond donors (Lipinski definition) is 3. The molecule has 1 aliphatic carbocycles. The molecule has 0 spiro atoms. The average Bonchev–Trinajstić information content (AvgIpc) is 2.69. The summed E-state index contributed by atoms with van der Waals surface area (Å²) in [5.41, 5.74) is 1.35. The van der Waals surface area contributed by atoms with Gasteiger partial charge in [0.1, 0.15) is 0 Å². The molecule has 0 atom stereocenters. The molecule has 27 heavy (non-hydrogen) atoms. The van der Waals surface area contributed by atoms with Crippen molar-refractivity contribution in [2.24, 2.45) is 5.92 Å². The van der Waals surface area contributed by atoms with Crippen LogP contribution in [0.4, 0.5) is 5.69 Å². The maximum absolute atomic E-state index is 12.7. The van der Waals surface area contributed by atoms with E-state index in [4.69, 9.17) is 5.11 Å². The van der Waals surface area contributed by atoms with E-state index in [-0.39, 0.29) is 23.8 Å². The minimum Gasteiger partial charge on any atom is -0.481 e. The first kappa shape index (κ1) is 18.6. The standard InChI is InChI=1S/C21H22N2O4/c24-19(14-6-2-1-3-7-14)23-18-9-5-4-8-17(18)20(25)22-16-12-10-15(11-13-16)21(26)27/h1-9,15-16H,10-13H2,(H,22,25)(H,23,24)(H,26,27). The molecule has 3 rings (SSSR count). The maximum atomic E-state index is 12.7. The van der Waals surface area contributed by atoms with Crippen molar-refractivity contribution in [1.82, 2.24) is 5.32 Å². The van der Waals surface area contributed by atoms with Crippen molar-refractivity contribution < 1.29 is 19.5 Å². The van der Waals surface area contributed by atoms with Crippen molar-refractivity contribution in [3.05, 3.63) is 65.7 Å². The Kier molecular flexibility index (Phi) is 5.86. The van der Waals surface area contributed by atoms with Crippen LogP contribution in [0.3, 0.4) is 0 Å². The highest BCUT2D eigenvalue weighted by Crippen LogP contribution is 2.25. The summed E-state index contributed by atoms with van der Waals surface area (Å²) in [4.78, 5) is 36.1. The number of para-hydroxylation sites is 1. The number of amides is 2. The van der Waals surface area contributed by atoms with Gasteiger partial charge in [-0.3, -0.25) is 14.4 Å². The van der Waals surface area contributed by atoms with Gasteiger partial charge < -0.3 is 15.7 Å². The Balaban J connectivity index is 1.66. The van der Waals surface area contributed by atoms with Crippen molar-refractivity contribution in [3.63, 3.8) is 0 Å². The molecule has 1 aliphatic rings. The largest absolute Gasteiger partial charge is 0.481 e. The molecule has 3 N–H and O–H groups in total. The molecule has 0 aliphatic heterocycles. The lowest BCUT2D eigenvalue weighted by atomic mass is 9.86. The number of carboxylic acids is 1. The van der Waals surface area contributed by atoms with E-state index in [0.717, 1.165) is 0 Å². The minimum atomic E-state index is -0.770. The summed E-state index contributed by atoms with van der Waals surface area (Å²) in [6.45, 7) is 0. The first-order valence-corrected chi connectivity index (χ1v) is 9.03. The van der Waals surface area contributed by atoms with Crippen molar-refractivity contribution in [2.45, 2.75) is 31.7 Å². The van der Waals surface area contributed by atoms with Gasteiger partial charge in [-0.05, 0) is 49.9 Å². The first-order valence-electron chi connectivity index (χ1n) is 9.03. The number of aliphatic carboxylic acids is 1. The summed E-state index contributed by atoms with van der Waals surface area (Å²) in [5, 5.41) is 14.8. The van der Waals surface area contributed by atoms with Crippen LogP contribution < -0.4 is 10.6 Å². The molecule has 0 bridgehead atoms. The fraction of sp³-hybridized carbons (Fsp3) is 0.286. The molecule has 2 amide bonds. The molecule has 1 fully saturated rings. The SMILES string of the molecule is O=C(Nc1ccccc1C(=O)NC1CCC(C(=O)O)CC1)c1ccccc1. The zero-order valence-electron chi connectivity index (χ0n) is 14.9. The van der Waals surface area contributed by atoms with Gasteiger partial charge >= 0.3 is 5.97 Å². The topological polar surface area (TPSA) is 95.5 Å². The molecule has 0 unspecified atom stereocenters. The van der Waals surface area contributed by atoms with Crippen LogP contribution in [-0.4, -0.2) is 28.9 Å². The summed E-state index contributed by atoms with van der Waals surface area (Å²) in [5.74, 6) is -1.64. The molecular formula is C21H22N2O4. The summed E-state index contributed by atoms with van der Waals surface area (Å²) < 4.78 is 0. The normalized spacial score (nSPS) is 19.1. The van der Waals surface area contributed by atoms with Gasteiger partial charge in [0.2, 0.25) is 0 Å². The number of anilines is 1. The maximum Gasteiger partial charge on any atom is 0.306 e. The number of rotatable bonds is 5. The molecule has 2 aromatic rings. The molecule has 2 aromatic carbocycles. The molecule has 140 valence electrons. The van der Waals surface area contributed by atoms with Crippen molar-refractivity contribution in [1.29, 1.82) is 0 Å². The van der Waals surface area contributed by atoms with Crippen LogP contribution in [0, 0.1) is 5.92 Å². The quantitative estimate of drug-likeness (QED) is 0.756. The first-order chi connectivity index (χ1) is 13.0. The lowest BCUT2D eigenvalue weighted by Gasteiger charge is -2.27. The summed E-state index contributed by atoms with van der Waals surface area (Å²) in [6, 6.07) is 15.6. The molecule has 0 heterocycles. The van der Waals surface area contributed by atoms with Crippen LogP contribution in [0.25, 0.3) is 0 Å². The highest BCUT2D eigenvalue weighted by atomic mass is 16.4. The van der Waals surface area contributed by atoms with E-state index in [1.807, 2.05) is 6.07 Å². The lowest BCUT2D eigenvalue weighted by molar-refractivity contribution is -0.142. The Morgan fingerprint density at radius 2 is 1.44 bits per heavy atom. The Labute approximate surface area is 157 Å². The van der Waals surface area contributed by atoms with E-state index < -0.39 is 5.97 Å². The minimum absolute atomic E-state index is 0.0500. The van der Waals surface area contributed by atoms with E-state index in [1.165, 1.54) is 0 Å². The van der Waals surface area contributed by atoms with Crippen LogP contribution in [-0.2, 0) is 4.79 Å². The predicted octanol–water partition coefficient (Wildman–Crippen LogP) is 3.31. The number of carbonyl (C=O) groups is 3. The van der Waals surface area contributed by atoms with Crippen LogP contribution in [0.5, 0.6) is 0 Å². The Hall–Kier alpha value is -3.15. The van der Waals surface area contributed by atoms with Gasteiger partial charge in [-0.15, -0.1) is 0 Å². The molecule has 1 saturated carbocycles. The molecule has 0 saturated heterocycles. The number of carbonyl (C=O) groups excluding carboxylic acids is 2. The second kappa shape index (κ2) is 8.49. The number of nitrogens with one attached hydrogen (secondary N) is 2. The van der Waals surface area contributed by atoms with Crippen LogP contribution in [0.2, 0.25) is 0 Å². The smallest absolute Gasteiger partial charge is 0.306 e. The Morgan fingerprint density at radius 3 is 2.11 bits per heavy atom. The van der Waals surface area contributed by atoms with Gasteiger partial charge in [0, 0.05) is 11.6 Å². The zero-order valence-corrected chi connectivity index (χ0v) is 14.9. The average molecular weight is 366 g/mol. The Morgan fingerprint density at radius 1 is 0.815 bits per heavy atom. The Bertz CT molecular complexity index is 827.